The number of esters is 1. The van der Waals surface area contributed by atoms with Gasteiger partial charge in [0.2, 0.25) is 5.79 Å². The molecule has 2 fully saturated rings. The second-order valence-corrected chi connectivity index (χ2v) is 13.3. The summed E-state index contributed by atoms with van der Waals surface area (Å²) in [5, 5.41) is 1.17. The highest BCUT2D eigenvalue weighted by Crippen LogP contribution is 2.65. The smallest absolute Gasteiger partial charge is 0.316 e. The van der Waals surface area contributed by atoms with Crippen LogP contribution in [0.25, 0.3) is 10.9 Å². The third-order valence-corrected chi connectivity index (χ3v) is 11.0. The van der Waals surface area contributed by atoms with Gasteiger partial charge in [-0.05, 0) is 47.1 Å². The number of para-hydroxylation sites is 1. The van der Waals surface area contributed by atoms with E-state index in [0.29, 0.717) is 6.61 Å². The summed E-state index contributed by atoms with van der Waals surface area (Å²) >= 11 is 0. The van der Waals surface area contributed by atoms with Crippen molar-refractivity contribution < 1.29 is 14.3 Å². The minimum Gasteiger partial charge on any atom is -0.432 e. The van der Waals surface area contributed by atoms with Gasteiger partial charge in [0.05, 0.1) is 24.0 Å². The van der Waals surface area contributed by atoms with Gasteiger partial charge in [-0.3, -0.25) is 9.69 Å². The molecule has 5 aromatic rings. The molecule has 2 saturated heterocycles. The summed E-state index contributed by atoms with van der Waals surface area (Å²) < 4.78 is 15.9. The summed E-state index contributed by atoms with van der Waals surface area (Å²) in [6.45, 7) is 7.05. The van der Waals surface area contributed by atoms with E-state index in [1.165, 1.54) is 27.7 Å². The molecule has 5 heteroatoms. The standard InChI is InChI=1S/C40H40N2O3/c1-3-40-27-41(24-28-15-7-4-8-16-28)34-23-32(40)36(38(43)45-39(40,2)44-26-30-19-11-6-12-20-30)35-31-21-13-14-22-33(31)42(37(34)35)25-29-17-9-5-10-18-29/h4-22,32,34,36H,3,23-27H2,1-2H3/t32?,34-,36+,39+,40+/m0/s1. The number of aromatic nitrogens is 1. The lowest BCUT2D eigenvalue weighted by atomic mass is 9.53. The SMILES string of the molecule is CC[C@@]12CN(Cc3ccccc3)[C@H]3CC1[C@@H](C(=O)O[C@@]2(C)OCc1ccccc1)c1c3n(Cc2ccccc2)c2ccccc12. The third-order valence-electron chi connectivity index (χ3n) is 11.0. The Labute approximate surface area is 265 Å². The zero-order valence-electron chi connectivity index (χ0n) is 26.1. The number of piperidine rings is 1. The Morgan fingerprint density at radius 3 is 2.07 bits per heavy atom. The molecule has 8 rings (SSSR count). The van der Waals surface area contributed by atoms with Gasteiger partial charge >= 0.3 is 5.97 Å². The second kappa shape index (κ2) is 11.0. The molecule has 5 atom stereocenters. The van der Waals surface area contributed by atoms with Crippen molar-refractivity contribution in [3.05, 3.63) is 143 Å². The minimum atomic E-state index is -1.06. The maximum atomic E-state index is 14.4. The number of carbonyl (C=O) groups is 1. The van der Waals surface area contributed by atoms with Crippen LogP contribution in [-0.2, 0) is 34.0 Å². The third kappa shape index (κ3) is 4.47. The Morgan fingerprint density at radius 2 is 1.40 bits per heavy atom. The number of ether oxygens (including phenoxy) is 2. The Morgan fingerprint density at radius 1 is 0.800 bits per heavy atom. The molecule has 0 radical (unpaired) electrons. The molecule has 1 aliphatic carbocycles. The van der Waals surface area contributed by atoms with E-state index in [2.05, 4.69) is 113 Å². The lowest BCUT2D eigenvalue weighted by Gasteiger charge is -2.63. The highest BCUT2D eigenvalue weighted by atomic mass is 16.7. The average molecular weight is 597 g/mol. The van der Waals surface area contributed by atoms with Crippen molar-refractivity contribution in [3.63, 3.8) is 0 Å². The van der Waals surface area contributed by atoms with E-state index in [1.807, 2.05) is 25.1 Å². The molecule has 2 aliphatic heterocycles. The van der Waals surface area contributed by atoms with Crippen molar-refractivity contribution in [3.8, 4) is 0 Å². The predicted octanol–water partition coefficient (Wildman–Crippen LogP) is 8.24. The first kappa shape index (κ1) is 28.3. The molecule has 45 heavy (non-hydrogen) atoms. The largest absolute Gasteiger partial charge is 0.432 e. The molecular weight excluding hydrogens is 556 g/mol. The van der Waals surface area contributed by atoms with E-state index >= 15 is 0 Å². The van der Waals surface area contributed by atoms with Gasteiger partial charge in [-0.15, -0.1) is 0 Å². The fourth-order valence-corrected chi connectivity index (χ4v) is 8.89. The van der Waals surface area contributed by atoms with Crippen LogP contribution in [-0.4, -0.2) is 27.8 Å². The molecule has 0 saturated carbocycles. The fourth-order valence-electron chi connectivity index (χ4n) is 8.89. The number of benzene rings is 4. The first-order chi connectivity index (χ1) is 22.0. The molecule has 3 heterocycles. The van der Waals surface area contributed by atoms with Crippen molar-refractivity contribution in [2.75, 3.05) is 6.54 Å². The fraction of sp³-hybridized carbons (Fsp3) is 0.325. The molecular formula is C40H40N2O3. The first-order valence-electron chi connectivity index (χ1n) is 16.3. The number of likely N-dealkylation sites (tertiary alicyclic amines) is 1. The van der Waals surface area contributed by atoms with E-state index < -0.39 is 5.79 Å². The first-order valence-corrected chi connectivity index (χ1v) is 16.3. The molecule has 0 spiro atoms. The van der Waals surface area contributed by atoms with Crippen molar-refractivity contribution in [2.24, 2.45) is 11.3 Å². The van der Waals surface area contributed by atoms with Crippen LogP contribution in [0.2, 0.25) is 0 Å². The van der Waals surface area contributed by atoms with Crippen molar-refractivity contribution in [1.29, 1.82) is 0 Å². The maximum absolute atomic E-state index is 14.4. The Hall–Kier alpha value is -4.19. The molecule has 2 bridgehead atoms. The van der Waals surface area contributed by atoms with Gasteiger partial charge < -0.3 is 14.0 Å². The summed E-state index contributed by atoms with van der Waals surface area (Å²) in [5.41, 5.74) is 6.85. The van der Waals surface area contributed by atoms with Crippen LogP contribution in [0.5, 0.6) is 0 Å². The summed E-state index contributed by atoms with van der Waals surface area (Å²) in [6, 6.07) is 40.5. The molecule has 1 aromatic heterocycles. The quantitative estimate of drug-likeness (QED) is 0.169. The highest BCUT2D eigenvalue weighted by molar-refractivity contribution is 5.93. The van der Waals surface area contributed by atoms with Gasteiger partial charge in [-0.2, -0.15) is 0 Å². The number of carbonyl (C=O) groups excluding carboxylic acids is 1. The van der Waals surface area contributed by atoms with Crippen LogP contribution in [0.4, 0.5) is 0 Å². The highest BCUT2D eigenvalue weighted by Gasteiger charge is 2.68. The summed E-state index contributed by atoms with van der Waals surface area (Å²) in [6.07, 6.45) is 1.74. The van der Waals surface area contributed by atoms with Gasteiger partial charge in [0.25, 0.3) is 0 Å². The topological polar surface area (TPSA) is 43.7 Å². The number of hydrogen-bond donors (Lipinski definition) is 0. The monoisotopic (exact) mass is 596 g/mol. The molecule has 228 valence electrons. The van der Waals surface area contributed by atoms with Crippen LogP contribution in [0.1, 0.15) is 66.6 Å². The number of cyclic esters (lactones) is 1. The Kier molecular flexibility index (Phi) is 6.92. The number of nitrogens with zero attached hydrogens (tertiary/aromatic N) is 2. The lowest BCUT2D eigenvalue weighted by Crippen LogP contribution is -2.68. The van der Waals surface area contributed by atoms with Crippen LogP contribution in [0, 0.1) is 11.3 Å². The lowest BCUT2D eigenvalue weighted by molar-refractivity contribution is -0.328. The zero-order chi connectivity index (χ0) is 30.6. The average Bonchev–Trinajstić information content (AvgIpc) is 3.40. The van der Waals surface area contributed by atoms with Gasteiger partial charge in [0, 0.05) is 43.2 Å². The van der Waals surface area contributed by atoms with Crippen molar-refractivity contribution in [2.45, 2.75) is 64.1 Å². The van der Waals surface area contributed by atoms with Crippen LogP contribution >= 0.6 is 0 Å². The number of hydrogen-bond acceptors (Lipinski definition) is 4. The molecule has 3 aliphatic rings. The van der Waals surface area contributed by atoms with Gasteiger partial charge in [-0.1, -0.05) is 116 Å². The number of fused-ring (bicyclic) bond motifs is 6. The zero-order valence-corrected chi connectivity index (χ0v) is 26.1. The van der Waals surface area contributed by atoms with E-state index in [0.717, 1.165) is 43.6 Å². The van der Waals surface area contributed by atoms with Gasteiger partial charge in [0.15, 0.2) is 0 Å². The second-order valence-electron chi connectivity index (χ2n) is 13.3. The summed E-state index contributed by atoms with van der Waals surface area (Å²) in [5.74, 6) is -1.44. The molecule has 5 nitrogen and oxygen atoms in total. The van der Waals surface area contributed by atoms with E-state index in [1.54, 1.807) is 0 Å². The molecule has 1 unspecified atom stereocenters. The van der Waals surface area contributed by atoms with Crippen molar-refractivity contribution >= 4 is 16.9 Å². The molecule has 4 aromatic carbocycles. The van der Waals surface area contributed by atoms with Crippen LogP contribution in [0.3, 0.4) is 0 Å². The maximum Gasteiger partial charge on any atom is 0.316 e. The molecule has 0 N–H and O–H groups in total. The normalized spacial score (nSPS) is 27.2. The summed E-state index contributed by atoms with van der Waals surface area (Å²) in [4.78, 5) is 17.1. The van der Waals surface area contributed by atoms with Crippen LogP contribution < -0.4 is 0 Å². The van der Waals surface area contributed by atoms with E-state index in [4.69, 9.17) is 9.47 Å². The van der Waals surface area contributed by atoms with Crippen LogP contribution in [0.15, 0.2) is 115 Å². The Balaban J connectivity index is 1.31. The predicted molar refractivity (Wildman–Crippen MR) is 176 cm³/mol. The summed E-state index contributed by atoms with van der Waals surface area (Å²) in [7, 11) is 0. The van der Waals surface area contributed by atoms with E-state index in [-0.39, 0.29) is 29.3 Å². The minimum absolute atomic E-state index is 0.102. The van der Waals surface area contributed by atoms with Crippen molar-refractivity contribution in [1.82, 2.24) is 9.47 Å². The van der Waals surface area contributed by atoms with E-state index in [9.17, 15) is 4.79 Å². The van der Waals surface area contributed by atoms with Gasteiger partial charge in [0.1, 0.15) is 0 Å². The van der Waals surface area contributed by atoms with Gasteiger partial charge in [-0.25, -0.2) is 0 Å². The number of rotatable bonds is 8. The Bertz CT molecular complexity index is 1840. The molecule has 0 amide bonds.